The Hall–Kier alpha value is -4.16. The molecule has 1 heterocycles. The number of rotatable bonds is 8. The van der Waals surface area contributed by atoms with Crippen LogP contribution in [0, 0.1) is 5.82 Å². The molecule has 45 heavy (non-hydrogen) atoms. The van der Waals surface area contributed by atoms with Crippen LogP contribution < -0.4 is 19.5 Å². The van der Waals surface area contributed by atoms with Crippen molar-refractivity contribution >= 4 is 33.3 Å². The predicted octanol–water partition coefficient (Wildman–Crippen LogP) is 8.48. The van der Waals surface area contributed by atoms with Gasteiger partial charge in [0, 0.05) is 22.0 Å². The van der Waals surface area contributed by atoms with E-state index in [-0.39, 0.29) is 23.4 Å². The first-order valence-electron chi connectivity index (χ1n) is 11.8. The van der Waals surface area contributed by atoms with Gasteiger partial charge in [0.1, 0.15) is 5.82 Å². The second-order valence-corrected chi connectivity index (χ2v) is 9.88. The highest BCUT2D eigenvalue weighted by molar-refractivity contribution is 9.10. The molecule has 0 atom stereocenters. The van der Waals surface area contributed by atoms with E-state index in [1.807, 2.05) is 0 Å². The van der Waals surface area contributed by atoms with Gasteiger partial charge in [-0.25, -0.2) is 8.78 Å². The van der Waals surface area contributed by atoms with Crippen molar-refractivity contribution < 1.29 is 76.5 Å². The molecule has 4 rings (SSSR count). The molecular weight excluding hydrogens is 714 g/mol. The Balaban J connectivity index is 1.65. The van der Waals surface area contributed by atoms with Gasteiger partial charge in [0.15, 0.2) is 23.0 Å². The Morgan fingerprint density at radius 3 is 2.13 bits per heavy atom. The van der Waals surface area contributed by atoms with Crippen molar-refractivity contribution in [2.75, 3.05) is 5.32 Å². The summed E-state index contributed by atoms with van der Waals surface area (Å²) in [6.45, 7) is -3.90. The number of Topliss-reactive ketones (excluding diaryl/α,β-unsaturated/α-hetero) is 1. The number of carbonyl (C=O) groups is 2. The Kier molecular flexibility index (Phi) is 8.73. The highest BCUT2D eigenvalue weighted by atomic mass is 79.9. The van der Waals surface area contributed by atoms with Gasteiger partial charge in [0.25, 0.3) is 5.91 Å². The van der Waals surface area contributed by atoms with Gasteiger partial charge < -0.3 is 19.5 Å². The molecular formula is C26H12BrF12NO5. The smallest absolute Gasteiger partial charge is 0.433 e. The molecule has 1 aliphatic heterocycles. The first-order valence-corrected chi connectivity index (χ1v) is 12.6. The number of alkyl halides is 11. The highest BCUT2D eigenvalue weighted by Crippen LogP contribution is 2.55. The molecule has 0 saturated heterocycles. The lowest BCUT2D eigenvalue weighted by Gasteiger charge is -2.31. The van der Waals surface area contributed by atoms with Crippen LogP contribution in [0.4, 0.5) is 58.4 Å². The molecule has 3 aromatic carbocycles. The summed E-state index contributed by atoms with van der Waals surface area (Å²) >= 11 is 2.49. The third kappa shape index (κ3) is 6.62. The van der Waals surface area contributed by atoms with Gasteiger partial charge in [-0.15, -0.1) is 8.78 Å². The monoisotopic (exact) mass is 725 g/mol. The van der Waals surface area contributed by atoms with Gasteiger partial charge >= 0.3 is 30.9 Å². The molecule has 0 fully saturated rings. The Bertz CT molecular complexity index is 1640. The molecule has 1 amide bonds. The molecule has 0 aliphatic carbocycles. The lowest BCUT2D eigenvalue weighted by atomic mass is 9.93. The van der Waals surface area contributed by atoms with Crippen molar-refractivity contribution in [1.82, 2.24) is 0 Å². The second-order valence-electron chi connectivity index (χ2n) is 9.03. The van der Waals surface area contributed by atoms with Crippen molar-refractivity contribution in [3.05, 3.63) is 81.1 Å². The molecule has 0 spiro atoms. The zero-order chi connectivity index (χ0) is 33.7. The van der Waals surface area contributed by atoms with Crippen molar-refractivity contribution in [3.8, 4) is 17.2 Å². The number of ketones is 1. The number of hydrogen-bond acceptors (Lipinski definition) is 5. The number of amides is 1. The second kappa shape index (κ2) is 11.6. The number of anilines is 1. The lowest BCUT2D eigenvalue weighted by molar-refractivity contribution is -0.348. The average molecular weight is 726 g/mol. The summed E-state index contributed by atoms with van der Waals surface area (Å²) in [6, 6.07) is 5.40. The Morgan fingerprint density at radius 2 is 1.53 bits per heavy atom. The maximum absolute atomic E-state index is 15.3. The minimum absolute atomic E-state index is 0.0956. The average Bonchev–Trinajstić information content (AvgIpc) is 3.22. The summed E-state index contributed by atoms with van der Waals surface area (Å²) in [4.78, 5) is 25.6. The molecule has 0 saturated carbocycles. The summed E-state index contributed by atoms with van der Waals surface area (Å²) in [5.74, 6) is -6.19. The Morgan fingerprint density at radius 1 is 0.911 bits per heavy atom. The van der Waals surface area contributed by atoms with E-state index in [1.165, 1.54) is 0 Å². The summed E-state index contributed by atoms with van der Waals surface area (Å²) in [5, 5.41) is 1.79. The summed E-state index contributed by atoms with van der Waals surface area (Å²) in [6.07, 6.45) is -18.0. The molecule has 1 aliphatic rings. The van der Waals surface area contributed by atoms with Gasteiger partial charge in [0.05, 0.1) is 11.3 Å². The van der Waals surface area contributed by atoms with Gasteiger partial charge in [-0.05, 0) is 57.9 Å². The van der Waals surface area contributed by atoms with Gasteiger partial charge in [-0.1, -0.05) is 12.1 Å². The number of carbonyl (C=O) groups excluding carboxylic acids is 2. The highest BCUT2D eigenvalue weighted by Gasteiger charge is 2.73. The minimum atomic E-state index is -6.62. The standard InChI is InChI=1S/C26H12BrF12NO5/c27-14-8-12(23(31,24(32,33)34)25(35,36)37)9-18(43-22(29)30)20(14)40-21(42)13-3-1-2-11(19(13)28)6-15(41)10-4-5-16-17(7-10)45-26(38,39)44-16/h1-5,7-9,22H,6H2,(H,40,42). The zero-order valence-electron chi connectivity index (χ0n) is 21.4. The van der Waals surface area contributed by atoms with Crippen LogP contribution >= 0.6 is 15.9 Å². The van der Waals surface area contributed by atoms with E-state index in [1.54, 1.807) is 5.32 Å². The number of fused-ring (bicyclic) bond motifs is 1. The maximum Gasteiger partial charge on any atom is 0.586 e. The molecule has 3 aromatic rings. The number of halogens is 13. The number of nitrogens with one attached hydrogen (secondary N) is 1. The van der Waals surface area contributed by atoms with Crippen LogP contribution in [0.2, 0.25) is 0 Å². The van der Waals surface area contributed by atoms with Crippen LogP contribution in [0.5, 0.6) is 17.2 Å². The first kappa shape index (κ1) is 33.7. The molecule has 19 heteroatoms. The van der Waals surface area contributed by atoms with E-state index in [4.69, 9.17) is 0 Å². The van der Waals surface area contributed by atoms with Crippen molar-refractivity contribution in [2.45, 2.75) is 37.3 Å². The Labute approximate surface area is 251 Å². The fourth-order valence-corrected chi connectivity index (χ4v) is 4.59. The van der Waals surface area contributed by atoms with E-state index in [2.05, 4.69) is 30.1 Å². The number of hydrogen-bond donors (Lipinski definition) is 1. The molecule has 0 unspecified atom stereocenters. The number of ether oxygens (including phenoxy) is 3. The van der Waals surface area contributed by atoms with E-state index in [0.717, 1.165) is 36.4 Å². The minimum Gasteiger partial charge on any atom is -0.433 e. The fourth-order valence-electron chi connectivity index (χ4n) is 4.05. The summed E-state index contributed by atoms with van der Waals surface area (Å²) < 4.78 is 173. The molecule has 242 valence electrons. The molecule has 6 nitrogen and oxygen atoms in total. The SMILES string of the molecule is O=C(Cc1cccc(C(=O)Nc2c(Br)cc(C(F)(C(F)(F)F)C(F)(F)F)cc2OC(F)F)c1F)c1ccc2c(c1)OC(F)(F)O2. The van der Waals surface area contributed by atoms with E-state index >= 15 is 4.39 Å². The van der Waals surface area contributed by atoms with E-state index in [0.29, 0.717) is 0 Å². The molecule has 0 aromatic heterocycles. The summed E-state index contributed by atoms with van der Waals surface area (Å²) in [5.41, 5.74) is -10.9. The van der Waals surface area contributed by atoms with Crippen molar-refractivity contribution in [1.29, 1.82) is 0 Å². The predicted molar refractivity (Wildman–Crippen MR) is 131 cm³/mol. The zero-order valence-corrected chi connectivity index (χ0v) is 22.9. The van der Waals surface area contributed by atoms with Gasteiger partial charge in [-0.2, -0.15) is 35.1 Å². The third-order valence-corrected chi connectivity index (χ3v) is 6.71. The van der Waals surface area contributed by atoms with E-state index in [9.17, 15) is 57.9 Å². The fraction of sp³-hybridized carbons (Fsp3) is 0.231. The van der Waals surface area contributed by atoms with Crippen molar-refractivity contribution in [2.24, 2.45) is 0 Å². The van der Waals surface area contributed by atoms with Gasteiger partial charge in [0.2, 0.25) is 0 Å². The maximum atomic E-state index is 15.3. The normalized spacial score (nSPS) is 14.4. The van der Waals surface area contributed by atoms with Crippen LogP contribution in [-0.2, 0) is 12.1 Å². The quantitative estimate of drug-likeness (QED) is 0.186. The third-order valence-electron chi connectivity index (χ3n) is 6.09. The number of benzene rings is 3. The first-order chi connectivity index (χ1) is 20.6. The molecule has 0 radical (unpaired) electrons. The summed E-state index contributed by atoms with van der Waals surface area (Å²) in [7, 11) is 0. The van der Waals surface area contributed by atoms with Crippen LogP contribution in [0.1, 0.15) is 31.8 Å². The molecule has 0 bridgehead atoms. The van der Waals surface area contributed by atoms with Crippen LogP contribution in [0.3, 0.4) is 0 Å². The topological polar surface area (TPSA) is 73.9 Å². The largest absolute Gasteiger partial charge is 0.586 e. The van der Waals surface area contributed by atoms with Gasteiger partial charge in [-0.3, -0.25) is 9.59 Å². The van der Waals surface area contributed by atoms with E-state index < -0.39 is 93.2 Å². The molecule has 1 N–H and O–H groups in total. The lowest BCUT2D eigenvalue weighted by Crippen LogP contribution is -2.50. The van der Waals surface area contributed by atoms with Crippen LogP contribution in [-0.4, -0.2) is 36.9 Å². The van der Waals surface area contributed by atoms with Crippen LogP contribution in [0.15, 0.2) is 53.0 Å². The van der Waals surface area contributed by atoms with Crippen LogP contribution in [0.25, 0.3) is 0 Å². The van der Waals surface area contributed by atoms with Crippen molar-refractivity contribution in [3.63, 3.8) is 0 Å².